The number of nitrogens with one attached hydrogen (secondary N) is 1. The van der Waals surface area contributed by atoms with Crippen LogP contribution in [0.3, 0.4) is 0 Å². The first-order valence-electron chi connectivity index (χ1n) is 5.41. The summed E-state index contributed by atoms with van der Waals surface area (Å²) in [4.78, 5) is 0. The lowest BCUT2D eigenvalue weighted by atomic mass is 10.0. The Bertz CT molecular complexity index is 374. The monoisotopic (exact) mass is 307 g/mol. The normalized spacial score (nSPS) is 12.8. The Kier molecular flexibility index (Phi) is 6.02. The van der Waals surface area contributed by atoms with Crippen LogP contribution >= 0.6 is 15.9 Å². The third-order valence-corrected chi connectivity index (χ3v) is 3.44. The average molecular weight is 308 g/mol. The van der Waals surface area contributed by atoms with Gasteiger partial charge in [0, 0.05) is 19.8 Å². The molecule has 0 radical (unpaired) electrons. The number of rotatable bonds is 6. The zero-order chi connectivity index (χ0) is 12.8. The van der Waals surface area contributed by atoms with Gasteiger partial charge in [-0.15, -0.1) is 0 Å². The van der Waals surface area contributed by atoms with E-state index in [0.717, 1.165) is 24.5 Å². The van der Waals surface area contributed by atoms with E-state index in [0.29, 0.717) is 6.61 Å². The predicted octanol–water partition coefficient (Wildman–Crippen LogP) is 3.41. The second-order valence-corrected chi connectivity index (χ2v) is 4.53. The minimum atomic E-state index is -0.840. The van der Waals surface area contributed by atoms with E-state index >= 15 is 0 Å². The second kappa shape index (κ2) is 7.03. The van der Waals surface area contributed by atoms with Gasteiger partial charge >= 0.3 is 0 Å². The molecule has 1 unspecified atom stereocenters. The first-order valence-corrected chi connectivity index (χ1v) is 6.20. The molecule has 0 saturated carbocycles. The van der Waals surface area contributed by atoms with Crippen molar-refractivity contribution in [2.24, 2.45) is 0 Å². The molecule has 96 valence electrons. The molecule has 1 atom stereocenters. The van der Waals surface area contributed by atoms with Gasteiger partial charge in [-0.3, -0.25) is 0 Å². The standard InChI is InChI=1S/C12H16BrF2NO/c1-16-10(4-3-7-17-2)8-5-6-9(14)12(15)11(8)13/h5-6,10,16H,3-4,7H2,1-2H3. The largest absolute Gasteiger partial charge is 0.385 e. The van der Waals surface area contributed by atoms with Crippen molar-refractivity contribution in [3.8, 4) is 0 Å². The molecule has 5 heteroatoms. The Morgan fingerprint density at radius 3 is 2.71 bits per heavy atom. The van der Waals surface area contributed by atoms with E-state index in [2.05, 4.69) is 21.2 Å². The Labute approximate surface area is 108 Å². The summed E-state index contributed by atoms with van der Waals surface area (Å²) in [5.41, 5.74) is 0.725. The van der Waals surface area contributed by atoms with E-state index in [1.54, 1.807) is 20.2 Å². The fourth-order valence-corrected chi connectivity index (χ4v) is 2.29. The minimum Gasteiger partial charge on any atom is -0.385 e. The highest BCUT2D eigenvalue weighted by Gasteiger charge is 2.17. The number of hydrogen-bond acceptors (Lipinski definition) is 2. The fourth-order valence-electron chi connectivity index (χ4n) is 1.70. The highest BCUT2D eigenvalue weighted by Crippen LogP contribution is 2.29. The second-order valence-electron chi connectivity index (χ2n) is 3.74. The van der Waals surface area contributed by atoms with Crippen molar-refractivity contribution in [2.75, 3.05) is 20.8 Å². The highest BCUT2D eigenvalue weighted by atomic mass is 79.9. The molecule has 0 spiro atoms. The summed E-state index contributed by atoms with van der Waals surface area (Å²) in [6.07, 6.45) is 1.65. The lowest BCUT2D eigenvalue weighted by Gasteiger charge is -2.18. The van der Waals surface area contributed by atoms with Crippen molar-refractivity contribution in [1.82, 2.24) is 5.32 Å². The molecule has 0 fully saturated rings. The molecule has 17 heavy (non-hydrogen) atoms. The number of benzene rings is 1. The first-order chi connectivity index (χ1) is 8.11. The maximum Gasteiger partial charge on any atom is 0.173 e. The van der Waals surface area contributed by atoms with E-state index in [-0.39, 0.29) is 10.5 Å². The van der Waals surface area contributed by atoms with Gasteiger partial charge in [0.05, 0.1) is 4.47 Å². The molecule has 0 amide bonds. The molecule has 1 N–H and O–H groups in total. The highest BCUT2D eigenvalue weighted by molar-refractivity contribution is 9.10. The van der Waals surface area contributed by atoms with Gasteiger partial charge < -0.3 is 10.1 Å². The summed E-state index contributed by atoms with van der Waals surface area (Å²) in [6, 6.07) is 2.72. The van der Waals surface area contributed by atoms with Crippen LogP contribution in [0.2, 0.25) is 0 Å². The van der Waals surface area contributed by atoms with Gasteiger partial charge in [-0.2, -0.15) is 0 Å². The zero-order valence-electron chi connectivity index (χ0n) is 9.90. The molecule has 0 aliphatic heterocycles. The Morgan fingerprint density at radius 2 is 2.12 bits per heavy atom. The van der Waals surface area contributed by atoms with Crippen LogP contribution in [0, 0.1) is 11.6 Å². The summed E-state index contributed by atoms with van der Waals surface area (Å²) >= 11 is 3.10. The molecule has 0 aromatic heterocycles. The third kappa shape index (κ3) is 3.72. The van der Waals surface area contributed by atoms with E-state index in [1.807, 2.05) is 0 Å². The van der Waals surface area contributed by atoms with E-state index in [1.165, 1.54) is 0 Å². The van der Waals surface area contributed by atoms with Crippen molar-refractivity contribution in [1.29, 1.82) is 0 Å². The van der Waals surface area contributed by atoms with Gasteiger partial charge in [0.1, 0.15) is 0 Å². The van der Waals surface area contributed by atoms with E-state index < -0.39 is 11.6 Å². The number of ether oxygens (including phenoxy) is 1. The maximum absolute atomic E-state index is 13.4. The lowest BCUT2D eigenvalue weighted by molar-refractivity contribution is 0.189. The van der Waals surface area contributed by atoms with Crippen LogP contribution in [0.15, 0.2) is 16.6 Å². The first kappa shape index (κ1) is 14.5. The van der Waals surface area contributed by atoms with E-state index in [9.17, 15) is 8.78 Å². The molecule has 0 heterocycles. The van der Waals surface area contributed by atoms with Crippen LogP contribution in [0.1, 0.15) is 24.4 Å². The van der Waals surface area contributed by atoms with Crippen molar-refractivity contribution in [2.45, 2.75) is 18.9 Å². The molecule has 1 rings (SSSR count). The SMILES string of the molecule is CNC(CCCOC)c1ccc(F)c(F)c1Br. The van der Waals surface area contributed by atoms with Gasteiger partial charge in [0.25, 0.3) is 0 Å². The molecule has 1 aromatic rings. The molecule has 1 aromatic carbocycles. The summed E-state index contributed by atoms with van der Waals surface area (Å²) in [5, 5.41) is 3.09. The predicted molar refractivity (Wildman–Crippen MR) is 67.0 cm³/mol. The number of halogens is 3. The Hall–Kier alpha value is -0.520. The van der Waals surface area contributed by atoms with Crippen molar-refractivity contribution < 1.29 is 13.5 Å². The minimum absolute atomic E-state index is 0.0189. The maximum atomic E-state index is 13.4. The molecule has 0 saturated heterocycles. The molecular weight excluding hydrogens is 292 g/mol. The Balaban J connectivity index is 2.85. The average Bonchev–Trinajstić information content (AvgIpc) is 2.33. The smallest absolute Gasteiger partial charge is 0.173 e. The quantitative estimate of drug-likeness (QED) is 0.642. The molecule has 2 nitrogen and oxygen atoms in total. The lowest BCUT2D eigenvalue weighted by Crippen LogP contribution is -2.18. The van der Waals surface area contributed by atoms with Gasteiger partial charge in [-0.05, 0) is 47.4 Å². The van der Waals surface area contributed by atoms with Crippen molar-refractivity contribution in [3.05, 3.63) is 33.8 Å². The van der Waals surface area contributed by atoms with Crippen LogP contribution in [0.5, 0.6) is 0 Å². The molecule has 0 aliphatic rings. The topological polar surface area (TPSA) is 21.3 Å². The molecular formula is C12H16BrF2NO. The Morgan fingerprint density at radius 1 is 1.41 bits per heavy atom. The summed E-state index contributed by atoms with van der Waals surface area (Å²) in [7, 11) is 3.44. The summed E-state index contributed by atoms with van der Waals surface area (Å²) < 4.78 is 31.6. The molecule has 0 bridgehead atoms. The van der Waals surface area contributed by atoms with E-state index in [4.69, 9.17) is 4.74 Å². The van der Waals surface area contributed by atoms with Crippen LogP contribution in [-0.2, 0) is 4.74 Å². The van der Waals surface area contributed by atoms with Crippen molar-refractivity contribution >= 4 is 15.9 Å². The summed E-state index contributed by atoms with van der Waals surface area (Å²) in [6.45, 7) is 0.652. The number of methoxy groups -OCH3 is 1. The van der Waals surface area contributed by atoms with Crippen LogP contribution in [0.25, 0.3) is 0 Å². The fraction of sp³-hybridized carbons (Fsp3) is 0.500. The van der Waals surface area contributed by atoms with Crippen LogP contribution < -0.4 is 5.32 Å². The number of hydrogen-bond donors (Lipinski definition) is 1. The van der Waals surface area contributed by atoms with Gasteiger partial charge in [-0.25, -0.2) is 8.78 Å². The summed E-state index contributed by atoms with van der Waals surface area (Å²) in [5.74, 6) is -1.68. The van der Waals surface area contributed by atoms with Gasteiger partial charge in [-0.1, -0.05) is 6.07 Å². The zero-order valence-corrected chi connectivity index (χ0v) is 11.5. The molecule has 0 aliphatic carbocycles. The van der Waals surface area contributed by atoms with Crippen LogP contribution in [-0.4, -0.2) is 20.8 Å². The van der Waals surface area contributed by atoms with Crippen LogP contribution in [0.4, 0.5) is 8.78 Å². The van der Waals surface area contributed by atoms with Crippen molar-refractivity contribution in [3.63, 3.8) is 0 Å². The van der Waals surface area contributed by atoms with Gasteiger partial charge in [0.2, 0.25) is 0 Å². The van der Waals surface area contributed by atoms with Gasteiger partial charge in [0.15, 0.2) is 11.6 Å². The third-order valence-electron chi connectivity index (χ3n) is 2.63.